The van der Waals surface area contributed by atoms with Crippen molar-refractivity contribution in [3.63, 3.8) is 0 Å². The fourth-order valence-corrected chi connectivity index (χ4v) is 1.33. The summed E-state index contributed by atoms with van der Waals surface area (Å²) >= 11 is 0. The SMILES string of the molecule is COc1cc(C=CC(=O)O)cc(C#CCC=O)c1O. The van der Waals surface area contributed by atoms with Crippen LogP contribution in [0.15, 0.2) is 18.2 Å². The van der Waals surface area contributed by atoms with Crippen LogP contribution in [0.1, 0.15) is 17.5 Å². The van der Waals surface area contributed by atoms with Gasteiger partial charge in [-0.1, -0.05) is 11.8 Å². The van der Waals surface area contributed by atoms with E-state index >= 15 is 0 Å². The van der Waals surface area contributed by atoms with Crippen molar-refractivity contribution in [3.05, 3.63) is 29.3 Å². The third kappa shape index (κ3) is 4.21. The zero-order chi connectivity index (χ0) is 14.3. The lowest BCUT2D eigenvalue weighted by molar-refractivity contribution is -0.131. The molecule has 0 saturated heterocycles. The van der Waals surface area contributed by atoms with Gasteiger partial charge in [-0.05, 0) is 23.8 Å². The molecule has 0 aromatic heterocycles. The maximum Gasteiger partial charge on any atom is 0.328 e. The van der Waals surface area contributed by atoms with Gasteiger partial charge in [0.15, 0.2) is 11.5 Å². The van der Waals surface area contributed by atoms with Crippen LogP contribution in [0.25, 0.3) is 6.08 Å². The second kappa shape index (κ2) is 6.87. The van der Waals surface area contributed by atoms with E-state index in [2.05, 4.69) is 11.8 Å². The molecule has 1 rings (SSSR count). The van der Waals surface area contributed by atoms with E-state index in [0.717, 1.165) is 6.08 Å². The first kappa shape index (κ1) is 14.3. The van der Waals surface area contributed by atoms with E-state index in [4.69, 9.17) is 9.84 Å². The van der Waals surface area contributed by atoms with Gasteiger partial charge in [0.25, 0.3) is 0 Å². The Morgan fingerprint density at radius 2 is 2.21 bits per heavy atom. The number of rotatable bonds is 4. The number of carbonyl (C=O) groups is 2. The standard InChI is InChI=1S/C14H12O5/c1-19-12-9-10(5-6-13(16)17)8-11(14(12)18)4-2-3-7-15/h5-9,18H,3H2,1H3,(H,16,17). The lowest BCUT2D eigenvalue weighted by atomic mass is 10.1. The Bertz CT molecular complexity index is 575. The van der Waals surface area contributed by atoms with Crippen LogP contribution < -0.4 is 4.74 Å². The first-order valence-corrected chi connectivity index (χ1v) is 5.33. The van der Waals surface area contributed by atoms with Gasteiger partial charge in [-0.25, -0.2) is 4.79 Å². The number of benzene rings is 1. The fourth-order valence-electron chi connectivity index (χ4n) is 1.33. The van der Waals surface area contributed by atoms with Crippen LogP contribution in [0, 0.1) is 11.8 Å². The van der Waals surface area contributed by atoms with Gasteiger partial charge in [0.2, 0.25) is 0 Å². The molecule has 0 radical (unpaired) electrons. The third-order valence-electron chi connectivity index (χ3n) is 2.14. The minimum absolute atomic E-state index is 0.0525. The smallest absolute Gasteiger partial charge is 0.328 e. The highest BCUT2D eigenvalue weighted by Crippen LogP contribution is 2.31. The summed E-state index contributed by atoms with van der Waals surface area (Å²) in [6.07, 6.45) is 3.02. The molecule has 1 aromatic rings. The Morgan fingerprint density at radius 1 is 1.47 bits per heavy atom. The molecule has 19 heavy (non-hydrogen) atoms. The summed E-state index contributed by atoms with van der Waals surface area (Å²) in [5.41, 5.74) is 0.790. The number of hydrogen-bond donors (Lipinski definition) is 2. The highest BCUT2D eigenvalue weighted by Gasteiger charge is 2.08. The molecule has 98 valence electrons. The lowest BCUT2D eigenvalue weighted by Gasteiger charge is -2.06. The van der Waals surface area contributed by atoms with Crippen LogP contribution in [-0.2, 0) is 9.59 Å². The van der Waals surface area contributed by atoms with Crippen molar-refractivity contribution in [1.29, 1.82) is 0 Å². The minimum atomic E-state index is -1.08. The van der Waals surface area contributed by atoms with Gasteiger partial charge in [-0.3, -0.25) is 0 Å². The summed E-state index contributed by atoms with van der Waals surface area (Å²) < 4.78 is 4.97. The quantitative estimate of drug-likeness (QED) is 0.486. The van der Waals surface area contributed by atoms with Crippen molar-refractivity contribution < 1.29 is 24.5 Å². The number of hydrogen-bond acceptors (Lipinski definition) is 4. The van der Waals surface area contributed by atoms with Crippen LogP contribution in [0.4, 0.5) is 0 Å². The molecule has 5 heteroatoms. The predicted octanol–water partition coefficient (Wildman–Crippen LogP) is 1.44. The maximum atomic E-state index is 10.5. The summed E-state index contributed by atoms with van der Waals surface area (Å²) in [7, 11) is 1.38. The summed E-state index contributed by atoms with van der Waals surface area (Å²) in [4.78, 5) is 20.6. The van der Waals surface area contributed by atoms with E-state index in [1.807, 2.05) is 0 Å². The molecular weight excluding hydrogens is 248 g/mol. The molecule has 0 unspecified atom stereocenters. The van der Waals surface area contributed by atoms with Gasteiger partial charge in [-0.2, -0.15) is 0 Å². The molecule has 0 aliphatic rings. The Hall–Kier alpha value is -2.74. The van der Waals surface area contributed by atoms with Gasteiger partial charge in [0, 0.05) is 6.08 Å². The van der Waals surface area contributed by atoms with Crippen molar-refractivity contribution in [1.82, 2.24) is 0 Å². The predicted molar refractivity (Wildman–Crippen MR) is 68.9 cm³/mol. The zero-order valence-corrected chi connectivity index (χ0v) is 10.2. The van der Waals surface area contributed by atoms with Crippen LogP contribution >= 0.6 is 0 Å². The summed E-state index contributed by atoms with van der Waals surface area (Å²) in [5.74, 6) is 4.14. The number of aliphatic carboxylic acids is 1. The number of aldehydes is 1. The van der Waals surface area contributed by atoms with E-state index < -0.39 is 5.97 Å². The van der Waals surface area contributed by atoms with Crippen LogP contribution in [0.2, 0.25) is 0 Å². The molecule has 0 aliphatic carbocycles. The van der Waals surface area contributed by atoms with E-state index in [9.17, 15) is 14.7 Å². The average molecular weight is 260 g/mol. The molecule has 0 saturated carbocycles. The molecule has 0 amide bonds. The van der Waals surface area contributed by atoms with Crippen molar-refractivity contribution in [2.45, 2.75) is 6.42 Å². The molecule has 0 bridgehead atoms. The molecule has 0 spiro atoms. The van der Waals surface area contributed by atoms with Crippen molar-refractivity contribution in [2.75, 3.05) is 7.11 Å². The van der Waals surface area contributed by atoms with Crippen LogP contribution in [0.3, 0.4) is 0 Å². The Kier molecular flexibility index (Phi) is 5.17. The van der Waals surface area contributed by atoms with Gasteiger partial charge < -0.3 is 19.7 Å². The molecule has 0 fully saturated rings. The summed E-state index contributed by atoms with van der Waals surface area (Å²) in [5, 5.41) is 18.4. The Labute approximate surface area is 110 Å². The highest BCUT2D eigenvalue weighted by molar-refractivity contribution is 5.85. The van der Waals surface area contributed by atoms with Gasteiger partial charge >= 0.3 is 5.97 Å². The van der Waals surface area contributed by atoms with Crippen LogP contribution in [-0.4, -0.2) is 29.6 Å². The van der Waals surface area contributed by atoms with Gasteiger partial charge in [-0.15, -0.1) is 0 Å². The van der Waals surface area contributed by atoms with Gasteiger partial charge in [0.1, 0.15) is 6.29 Å². The lowest BCUT2D eigenvalue weighted by Crippen LogP contribution is -1.90. The number of methoxy groups -OCH3 is 1. The summed E-state index contributed by atoms with van der Waals surface area (Å²) in [6.45, 7) is 0. The van der Waals surface area contributed by atoms with Gasteiger partial charge in [0.05, 0.1) is 19.1 Å². The molecule has 0 aliphatic heterocycles. The topological polar surface area (TPSA) is 83.8 Å². The second-order valence-electron chi connectivity index (χ2n) is 3.46. The van der Waals surface area contributed by atoms with Crippen LogP contribution in [0.5, 0.6) is 11.5 Å². The number of carbonyl (C=O) groups excluding carboxylic acids is 1. The molecule has 2 N–H and O–H groups in total. The number of phenols is 1. The third-order valence-corrected chi connectivity index (χ3v) is 2.14. The Morgan fingerprint density at radius 3 is 2.79 bits per heavy atom. The first-order chi connectivity index (χ1) is 9.08. The molecule has 0 atom stereocenters. The van der Waals surface area contributed by atoms with Crippen molar-refractivity contribution in [2.24, 2.45) is 0 Å². The molecule has 1 aromatic carbocycles. The molecular formula is C14H12O5. The Balaban J connectivity index is 3.22. The average Bonchev–Trinajstić information content (AvgIpc) is 2.39. The van der Waals surface area contributed by atoms with E-state index in [1.165, 1.54) is 25.3 Å². The number of ether oxygens (including phenoxy) is 1. The summed E-state index contributed by atoms with van der Waals surface area (Å²) in [6, 6.07) is 2.99. The van der Waals surface area contributed by atoms with E-state index in [0.29, 0.717) is 11.8 Å². The number of carboxylic acid groups (broad SMARTS) is 1. The zero-order valence-electron chi connectivity index (χ0n) is 10.2. The molecule has 0 heterocycles. The van der Waals surface area contributed by atoms with E-state index in [1.54, 1.807) is 0 Å². The van der Waals surface area contributed by atoms with E-state index in [-0.39, 0.29) is 23.5 Å². The number of phenolic OH excluding ortho intramolecular Hbond substituents is 1. The monoisotopic (exact) mass is 260 g/mol. The largest absolute Gasteiger partial charge is 0.503 e. The second-order valence-corrected chi connectivity index (χ2v) is 3.46. The highest BCUT2D eigenvalue weighted by atomic mass is 16.5. The maximum absolute atomic E-state index is 10.5. The van der Waals surface area contributed by atoms with Crippen molar-refractivity contribution >= 4 is 18.3 Å². The van der Waals surface area contributed by atoms with Crippen molar-refractivity contribution in [3.8, 4) is 23.3 Å². The fraction of sp³-hybridized carbons (Fsp3) is 0.143. The minimum Gasteiger partial charge on any atom is -0.503 e. The normalized spacial score (nSPS) is 9.74. The number of aromatic hydroxyl groups is 1. The number of carboxylic acids is 1. The molecule has 5 nitrogen and oxygen atoms in total. The first-order valence-electron chi connectivity index (χ1n) is 5.33.